The Morgan fingerprint density at radius 1 is 0.810 bits per heavy atom. The lowest BCUT2D eigenvalue weighted by atomic mass is 10.3. The van der Waals surface area contributed by atoms with E-state index in [1.807, 2.05) is 67.1 Å². The molecule has 0 aromatic heterocycles. The summed E-state index contributed by atoms with van der Waals surface area (Å²) >= 11 is 0. The Kier molecular flexibility index (Phi) is 5.10. The van der Waals surface area contributed by atoms with Gasteiger partial charge in [-0.15, -0.1) is 13.2 Å². The maximum Gasteiger partial charge on any atom is 0.313 e. The first-order valence-electron chi connectivity index (χ1n) is 6.83. The van der Waals surface area contributed by atoms with Crippen molar-refractivity contribution in [1.82, 2.24) is 4.90 Å². The van der Waals surface area contributed by atoms with Crippen LogP contribution in [0, 0.1) is 0 Å². The van der Waals surface area contributed by atoms with Gasteiger partial charge in [0.1, 0.15) is 0 Å². The number of hydrogen-bond donors (Lipinski definition) is 0. The maximum absolute atomic E-state index is 11.6. The number of benzene rings is 2. The SMILES string of the molecule is C=CC([14c]1ccccc1)N([C]=O)C(C=C)[14c]1ccccc1. The Morgan fingerprint density at radius 3 is 1.48 bits per heavy atom. The lowest BCUT2D eigenvalue weighted by molar-refractivity contribution is 0.296. The summed E-state index contributed by atoms with van der Waals surface area (Å²) in [5.74, 6) is 0. The molecular weight excluding hydrogens is 262 g/mol. The third-order valence-electron chi connectivity index (χ3n) is 3.43. The molecule has 105 valence electrons. The topological polar surface area (TPSA) is 20.3 Å². The van der Waals surface area contributed by atoms with E-state index in [1.54, 1.807) is 17.1 Å². The summed E-state index contributed by atoms with van der Waals surface area (Å²) in [6.07, 6.45) is 5.54. The molecular formula is C19H18NO. The standard InChI is InChI=1S/C19H18NO/c1-3-18(16-11-7-5-8-12-16)20(15-21)19(4-2)17-13-9-6-10-14-17/h3-14,18-19H,1-2H2/i16+2,17+2. The van der Waals surface area contributed by atoms with Gasteiger partial charge in [0, 0.05) is 0 Å². The summed E-state index contributed by atoms with van der Waals surface area (Å²) < 4.78 is 0. The molecule has 1 amide bonds. The van der Waals surface area contributed by atoms with E-state index >= 15 is 0 Å². The van der Waals surface area contributed by atoms with Crippen LogP contribution in [0.3, 0.4) is 0 Å². The van der Waals surface area contributed by atoms with Crippen molar-refractivity contribution < 1.29 is 4.79 Å². The highest BCUT2D eigenvalue weighted by Crippen LogP contribution is 2.30. The zero-order chi connectivity index (χ0) is 15.1. The Hall–Kier alpha value is -2.61. The van der Waals surface area contributed by atoms with Gasteiger partial charge < -0.3 is 4.90 Å². The van der Waals surface area contributed by atoms with Crippen LogP contribution in [0.4, 0.5) is 0 Å². The summed E-state index contributed by atoms with van der Waals surface area (Å²) in [6, 6.07) is 19.1. The summed E-state index contributed by atoms with van der Waals surface area (Å²) in [5, 5.41) is 0. The third-order valence-corrected chi connectivity index (χ3v) is 3.43. The van der Waals surface area contributed by atoms with Crippen molar-refractivity contribution in [3.8, 4) is 0 Å². The van der Waals surface area contributed by atoms with Gasteiger partial charge in [0.05, 0.1) is 12.1 Å². The first kappa shape index (κ1) is 14.8. The van der Waals surface area contributed by atoms with Gasteiger partial charge in [-0.3, -0.25) is 4.79 Å². The van der Waals surface area contributed by atoms with E-state index in [-0.39, 0.29) is 12.1 Å². The zero-order valence-corrected chi connectivity index (χ0v) is 11.9. The number of nitrogens with zero attached hydrogens (tertiary/aromatic N) is 1. The molecule has 1 radical (unpaired) electrons. The molecule has 0 N–H and O–H groups in total. The summed E-state index contributed by atoms with van der Waals surface area (Å²) in [4.78, 5) is 13.2. The van der Waals surface area contributed by atoms with E-state index in [9.17, 15) is 4.79 Å². The molecule has 0 aliphatic rings. The third kappa shape index (κ3) is 3.29. The molecule has 2 atom stereocenters. The number of carbonyl (C=O) groups excluding carboxylic acids is 1. The predicted molar refractivity (Wildman–Crippen MR) is 86.3 cm³/mol. The van der Waals surface area contributed by atoms with Crippen LogP contribution in [0.15, 0.2) is 86.0 Å². The lowest BCUT2D eigenvalue weighted by Gasteiger charge is -2.31. The largest absolute Gasteiger partial charge is 0.313 e. The molecule has 2 heteroatoms. The van der Waals surface area contributed by atoms with Crippen molar-refractivity contribution in [2.45, 2.75) is 12.1 Å². The van der Waals surface area contributed by atoms with Crippen molar-refractivity contribution >= 4 is 6.41 Å². The van der Waals surface area contributed by atoms with Crippen molar-refractivity contribution in [1.29, 1.82) is 0 Å². The fraction of sp³-hybridized carbons (Fsp3) is 0.105. The van der Waals surface area contributed by atoms with Crippen LogP contribution in [-0.4, -0.2) is 11.3 Å². The average molecular weight is 280 g/mol. The van der Waals surface area contributed by atoms with E-state index < -0.39 is 0 Å². The van der Waals surface area contributed by atoms with Gasteiger partial charge in [-0.1, -0.05) is 72.8 Å². The van der Waals surface area contributed by atoms with Crippen LogP contribution < -0.4 is 0 Å². The number of amides is 1. The molecule has 2 nitrogen and oxygen atoms in total. The van der Waals surface area contributed by atoms with Crippen LogP contribution in [-0.2, 0) is 4.79 Å². The molecule has 0 aliphatic carbocycles. The summed E-state index contributed by atoms with van der Waals surface area (Å²) in [7, 11) is 0. The fourth-order valence-corrected chi connectivity index (χ4v) is 2.41. The van der Waals surface area contributed by atoms with Gasteiger partial charge in [-0.05, 0) is 11.1 Å². The van der Waals surface area contributed by atoms with Crippen LogP contribution in [0.2, 0.25) is 0 Å². The van der Waals surface area contributed by atoms with E-state index in [1.165, 1.54) is 0 Å². The minimum Gasteiger partial charge on any atom is -0.313 e. The van der Waals surface area contributed by atoms with Crippen molar-refractivity contribution in [3.05, 3.63) is 97.1 Å². The highest BCUT2D eigenvalue weighted by atomic mass is 16.1. The van der Waals surface area contributed by atoms with E-state index in [4.69, 9.17) is 0 Å². The Morgan fingerprint density at radius 2 is 1.19 bits per heavy atom. The first-order chi connectivity index (χ1) is 10.3. The van der Waals surface area contributed by atoms with Gasteiger partial charge >= 0.3 is 6.41 Å². The average Bonchev–Trinajstić information content (AvgIpc) is 2.56. The second-order valence-electron chi connectivity index (χ2n) is 4.68. The molecule has 2 aromatic carbocycles. The van der Waals surface area contributed by atoms with E-state index in [2.05, 4.69) is 13.2 Å². The van der Waals surface area contributed by atoms with Crippen molar-refractivity contribution in [3.63, 3.8) is 0 Å². The smallest absolute Gasteiger partial charge is 0.313 e. The molecule has 2 rings (SSSR count). The molecule has 0 saturated carbocycles. The molecule has 0 heterocycles. The first-order valence-corrected chi connectivity index (χ1v) is 6.83. The summed E-state index contributed by atoms with van der Waals surface area (Å²) in [5.41, 5.74) is 2.00. The molecule has 21 heavy (non-hydrogen) atoms. The van der Waals surface area contributed by atoms with Crippen molar-refractivity contribution in [2.75, 3.05) is 0 Å². The normalized spacial score (nSPS) is 13.0. The van der Waals surface area contributed by atoms with E-state index in [0.717, 1.165) is 11.1 Å². The molecule has 0 aliphatic heterocycles. The number of rotatable bonds is 7. The van der Waals surface area contributed by atoms with Crippen molar-refractivity contribution in [2.24, 2.45) is 0 Å². The van der Waals surface area contributed by atoms with Crippen LogP contribution in [0.5, 0.6) is 0 Å². The van der Waals surface area contributed by atoms with Gasteiger partial charge in [0.15, 0.2) is 0 Å². The second-order valence-corrected chi connectivity index (χ2v) is 4.68. The monoisotopic (exact) mass is 280 g/mol. The molecule has 0 spiro atoms. The predicted octanol–water partition coefficient (Wildman–Crippen LogP) is 4.21. The minimum atomic E-state index is -0.244. The van der Waals surface area contributed by atoms with E-state index in [0.29, 0.717) is 0 Å². The molecule has 2 unspecified atom stereocenters. The second kappa shape index (κ2) is 7.25. The molecule has 2 aromatic rings. The highest BCUT2D eigenvalue weighted by Gasteiger charge is 2.24. The molecule has 0 bridgehead atoms. The summed E-state index contributed by atoms with van der Waals surface area (Å²) in [6.45, 7) is 7.72. The van der Waals surface area contributed by atoms with Gasteiger partial charge in [0.25, 0.3) is 0 Å². The molecule has 0 fully saturated rings. The Labute approximate surface area is 126 Å². The lowest BCUT2D eigenvalue weighted by Crippen LogP contribution is -2.29. The van der Waals surface area contributed by atoms with Crippen LogP contribution in [0.1, 0.15) is 23.2 Å². The Balaban J connectivity index is 2.38. The highest BCUT2D eigenvalue weighted by molar-refractivity contribution is 5.53. The van der Waals surface area contributed by atoms with Crippen LogP contribution >= 0.6 is 0 Å². The minimum absolute atomic E-state index is 0.244. The maximum atomic E-state index is 11.6. The van der Waals surface area contributed by atoms with Gasteiger partial charge in [0.2, 0.25) is 0 Å². The fourth-order valence-electron chi connectivity index (χ4n) is 2.41. The quantitative estimate of drug-likeness (QED) is 0.549. The number of hydrogen-bond acceptors (Lipinski definition) is 1. The zero-order valence-electron chi connectivity index (χ0n) is 11.9. The molecule has 0 saturated heterocycles. The van der Waals surface area contributed by atoms with Gasteiger partial charge in [-0.25, -0.2) is 0 Å². The Bertz CT molecular complexity index is 540. The van der Waals surface area contributed by atoms with Gasteiger partial charge in [-0.2, -0.15) is 0 Å². The van der Waals surface area contributed by atoms with Crippen LogP contribution in [0.25, 0.3) is 0 Å².